The number of rotatable bonds is 4. The van der Waals surface area contributed by atoms with Gasteiger partial charge in [0.2, 0.25) is 0 Å². The summed E-state index contributed by atoms with van der Waals surface area (Å²) in [6.07, 6.45) is 2.82. The molecule has 0 spiro atoms. The summed E-state index contributed by atoms with van der Waals surface area (Å²) >= 11 is 9.05. The van der Waals surface area contributed by atoms with Gasteiger partial charge in [-0.1, -0.05) is 53.2 Å². The fourth-order valence-corrected chi connectivity index (χ4v) is 3.13. The molecule has 128 valence electrons. The number of hydrogen-bond donors (Lipinski definition) is 0. The monoisotopic (exact) mass is 408 g/mol. The van der Waals surface area contributed by atoms with Gasteiger partial charge in [0.05, 0.1) is 12.7 Å². The average Bonchev–Trinajstić information content (AvgIpc) is 3.46. The number of carbonyl (C=O) groups excluding carboxylic acids is 1. The molecule has 1 aliphatic carbocycles. The van der Waals surface area contributed by atoms with Gasteiger partial charge < -0.3 is 4.74 Å². The highest BCUT2D eigenvalue weighted by Crippen LogP contribution is 2.42. The predicted molar refractivity (Wildman–Crippen MR) is 103 cm³/mol. The van der Waals surface area contributed by atoms with Crippen LogP contribution in [0.15, 0.2) is 53.0 Å². The number of esters is 1. The van der Waals surface area contributed by atoms with Crippen molar-refractivity contribution in [3.05, 3.63) is 69.7 Å². The minimum Gasteiger partial charge on any atom is -0.465 e. The van der Waals surface area contributed by atoms with Crippen LogP contribution in [0.4, 0.5) is 0 Å². The second kappa shape index (κ2) is 9.24. The van der Waals surface area contributed by atoms with Crippen molar-refractivity contribution < 1.29 is 9.53 Å². The fraction of sp³-hybridized carbons (Fsp3) is 0.350. The van der Waals surface area contributed by atoms with Crippen LogP contribution in [0.25, 0.3) is 0 Å². The zero-order chi connectivity index (χ0) is 17.5. The van der Waals surface area contributed by atoms with E-state index in [0.717, 1.165) is 16.3 Å². The molecule has 4 heteroatoms. The zero-order valence-corrected chi connectivity index (χ0v) is 16.3. The first-order chi connectivity index (χ1) is 11.5. The molecule has 3 rings (SSSR count). The lowest BCUT2D eigenvalue weighted by Gasteiger charge is -2.10. The number of methoxy groups -OCH3 is 1. The van der Waals surface area contributed by atoms with Crippen LogP contribution in [0.3, 0.4) is 0 Å². The molecule has 1 unspecified atom stereocenters. The lowest BCUT2D eigenvalue weighted by molar-refractivity contribution is 0.0600. The number of benzene rings is 2. The number of carbonyl (C=O) groups is 1. The van der Waals surface area contributed by atoms with Crippen LogP contribution in [0.2, 0.25) is 0 Å². The van der Waals surface area contributed by atoms with Crippen LogP contribution in [0.1, 0.15) is 47.2 Å². The molecule has 1 saturated carbocycles. The molecule has 0 aliphatic heterocycles. The van der Waals surface area contributed by atoms with Gasteiger partial charge in [0.1, 0.15) is 0 Å². The van der Waals surface area contributed by atoms with Crippen LogP contribution < -0.4 is 0 Å². The maximum Gasteiger partial charge on any atom is 0.337 e. The van der Waals surface area contributed by atoms with Crippen LogP contribution in [-0.2, 0) is 10.6 Å². The van der Waals surface area contributed by atoms with Crippen LogP contribution in [-0.4, -0.2) is 13.1 Å². The largest absolute Gasteiger partial charge is 0.465 e. The van der Waals surface area contributed by atoms with Crippen LogP contribution in [0, 0.1) is 5.92 Å². The smallest absolute Gasteiger partial charge is 0.337 e. The molecule has 24 heavy (non-hydrogen) atoms. The third-order valence-electron chi connectivity index (χ3n) is 4.21. The molecule has 0 radical (unpaired) electrons. The van der Waals surface area contributed by atoms with E-state index in [1.165, 1.54) is 31.1 Å². The molecule has 1 fully saturated rings. The van der Waals surface area contributed by atoms with Gasteiger partial charge in [-0.15, -0.1) is 11.6 Å². The normalized spacial score (nSPS) is 14.3. The third-order valence-corrected chi connectivity index (χ3v) is 5.01. The maximum absolute atomic E-state index is 10.9. The molecule has 2 nitrogen and oxygen atoms in total. The summed E-state index contributed by atoms with van der Waals surface area (Å²) in [5.74, 6) is 1.98. The number of alkyl halides is 1. The molecule has 0 aromatic heterocycles. The zero-order valence-electron chi connectivity index (χ0n) is 14.0. The van der Waals surface area contributed by atoms with Gasteiger partial charge in [-0.25, -0.2) is 4.79 Å². The second-order valence-electron chi connectivity index (χ2n) is 6.01. The van der Waals surface area contributed by atoms with E-state index in [-0.39, 0.29) is 5.97 Å². The number of ether oxygens (including phenoxy) is 1. The Hall–Kier alpha value is -1.32. The second-order valence-corrected chi connectivity index (χ2v) is 7.19. The Bertz CT molecular complexity index is 683. The first-order valence-corrected chi connectivity index (χ1v) is 9.36. The van der Waals surface area contributed by atoms with Crippen molar-refractivity contribution in [2.75, 3.05) is 7.11 Å². The van der Waals surface area contributed by atoms with E-state index in [2.05, 4.69) is 51.9 Å². The third kappa shape index (κ3) is 5.64. The van der Waals surface area contributed by atoms with Crippen molar-refractivity contribution in [2.45, 2.75) is 31.6 Å². The van der Waals surface area contributed by atoms with Crippen LogP contribution in [0.5, 0.6) is 0 Å². The van der Waals surface area contributed by atoms with E-state index < -0.39 is 0 Å². The van der Waals surface area contributed by atoms with E-state index in [4.69, 9.17) is 11.6 Å². The fourth-order valence-electron chi connectivity index (χ4n) is 2.56. The Morgan fingerprint density at radius 2 is 1.96 bits per heavy atom. The Balaban J connectivity index is 0.000000177. The molecule has 0 saturated heterocycles. The van der Waals surface area contributed by atoms with Crippen molar-refractivity contribution in [3.8, 4) is 0 Å². The molecular weight excluding hydrogens is 388 g/mol. The highest BCUT2D eigenvalue weighted by Gasteiger charge is 2.28. The van der Waals surface area contributed by atoms with Gasteiger partial charge >= 0.3 is 5.97 Å². The number of hydrogen-bond acceptors (Lipinski definition) is 2. The molecule has 1 aliphatic rings. The molecule has 2 aromatic rings. The summed E-state index contributed by atoms with van der Waals surface area (Å²) < 4.78 is 5.41. The summed E-state index contributed by atoms with van der Waals surface area (Å²) in [5.41, 5.74) is 3.26. The highest BCUT2D eigenvalue weighted by atomic mass is 79.9. The summed E-state index contributed by atoms with van der Waals surface area (Å²) in [5, 5.41) is 0. The van der Waals surface area contributed by atoms with E-state index in [0.29, 0.717) is 11.4 Å². The Kier molecular flexibility index (Phi) is 7.32. The number of halogens is 2. The molecule has 0 amide bonds. The van der Waals surface area contributed by atoms with Gasteiger partial charge in [-0.3, -0.25) is 0 Å². The average molecular weight is 410 g/mol. The van der Waals surface area contributed by atoms with Gasteiger partial charge in [0.25, 0.3) is 0 Å². The van der Waals surface area contributed by atoms with Gasteiger partial charge in [0.15, 0.2) is 0 Å². The summed E-state index contributed by atoms with van der Waals surface area (Å²) in [4.78, 5) is 10.9. The van der Waals surface area contributed by atoms with Crippen molar-refractivity contribution in [2.24, 2.45) is 5.92 Å². The summed E-state index contributed by atoms with van der Waals surface area (Å²) in [6, 6.07) is 15.7. The van der Waals surface area contributed by atoms with E-state index in [9.17, 15) is 4.79 Å². The van der Waals surface area contributed by atoms with Crippen molar-refractivity contribution in [3.63, 3.8) is 0 Å². The predicted octanol–water partition coefficient (Wildman–Crippen LogP) is 6.17. The topological polar surface area (TPSA) is 26.3 Å². The SMILES string of the molecule is CC(c1cccc(CCl)c1)C1CC1.COC(=O)c1cccc(Br)c1. The maximum atomic E-state index is 10.9. The quantitative estimate of drug-likeness (QED) is 0.445. The molecular formula is C20H22BrClO2. The minimum absolute atomic E-state index is 0.314. The molecule has 0 heterocycles. The van der Waals surface area contributed by atoms with Crippen molar-refractivity contribution in [1.82, 2.24) is 0 Å². The standard InChI is InChI=1S/C12H15Cl.C8H7BrO2/c1-9(11-5-6-11)12-4-2-3-10(7-12)8-13;1-11-8(10)6-3-2-4-7(9)5-6/h2-4,7,9,11H,5-6,8H2,1H3;2-5H,1H3. The Labute approximate surface area is 157 Å². The van der Waals surface area contributed by atoms with E-state index in [1.54, 1.807) is 18.2 Å². The van der Waals surface area contributed by atoms with Gasteiger partial charge in [0, 0.05) is 10.4 Å². The molecule has 0 N–H and O–H groups in total. The first kappa shape index (κ1) is 19.0. The van der Waals surface area contributed by atoms with Gasteiger partial charge in [-0.2, -0.15) is 0 Å². The molecule has 2 aromatic carbocycles. The molecule has 0 bridgehead atoms. The van der Waals surface area contributed by atoms with Crippen LogP contribution >= 0.6 is 27.5 Å². The van der Waals surface area contributed by atoms with Crippen molar-refractivity contribution in [1.29, 1.82) is 0 Å². The lowest BCUT2D eigenvalue weighted by Crippen LogP contribution is -2.00. The van der Waals surface area contributed by atoms with Crippen molar-refractivity contribution >= 4 is 33.5 Å². The molecule has 1 atom stereocenters. The summed E-state index contributed by atoms with van der Waals surface area (Å²) in [6.45, 7) is 2.32. The summed E-state index contributed by atoms with van der Waals surface area (Å²) in [7, 11) is 1.36. The minimum atomic E-state index is -0.314. The van der Waals surface area contributed by atoms with Gasteiger partial charge in [-0.05, 0) is 54.0 Å². The Morgan fingerprint density at radius 3 is 2.54 bits per heavy atom. The Morgan fingerprint density at radius 1 is 1.25 bits per heavy atom. The van der Waals surface area contributed by atoms with E-state index >= 15 is 0 Å². The first-order valence-electron chi connectivity index (χ1n) is 8.03. The lowest BCUT2D eigenvalue weighted by atomic mass is 9.95. The van der Waals surface area contributed by atoms with E-state index in [1.807, 2.05) is 6.07 Å². The highest BCUT2D eigenvalue weighted by molar-refractivity contribution is 9.10.